The van der Waals surface area contributed by atoms with E-state index in [1.165, 1.54) is 48.5 Å². The molecule has 0 aliphatic heterocycles. The first kappa shape index (κ1) is 25.1. The molecular formula is C25H25FN2O5S. The number of nitrogens with one attached hydrogen (secondary N) is 2. The highest BCUT2D eigenvalue weighted by Crippen LogP contribution is 2.19. The second kappa shape index (κ2) is 10.6. The summed E-state index contributed by atoms with van der Waals surface area (Å²) in [5.74, 6) is -0.718. The van der Waals surface area contributed by atoms with Gasteiger partial charge in [0.05, 0.1) is 4.90 Å². The van der Waals surface area contributed by atoms with Crippen LogP contribution >= 0.6 is 0 Å². The Hall–Kier alpha value is -3.56. The van der Waals surface area contributed by atoms with Crippen LogP contribution in [-0.4, -0.2) is 32.3 Å². The van der Waals surface area contributed by atoms with Gasteiger partial charge in [0.25, 0.3) is 5.91 Å². The van der Waals surface area contributed by atoms with Crippen molar-refractivity contribution >= 4 is 27.4 Å². The van der Waals surface area contributed by atoms with Crippen LogP contribution in [0.25, 0.3) is 0 Å². The minimum atomic E-state index is -3.62. The fourth-order valence-corrected chi connectivity index (χ4v) is 4.30. The highest BCUT2D eigenvalue weighted by atomic mass is 32.2. The molecule has 0 radical (unpaired) electrons. The van der Waals surface area contributed by atoms with Gasteiger partial charge in [-0.2, -0.15) is 0 Å². The highest BCUT2D eigenvalue weighted by molar-refractivity contribution is 7.89. The molecule has 0 saturated carbocycles. The molecule has 2 N–H and O–H groups in total. The predicted molar refractivity (Wildman–Crippen MR) is 127 cm³/mol. The van der Waals surface area contributed by atoms with Gasteiger partial charge in [-0.25, -0.2) is 17.5 Å². The molecule has 178 valence electrons. The van der Waals surface area contributed by atoms with Crippen molar-refractivity contribution in [2.75, 3.05) is 5.32 Å². The average Bonchev–Trinajstić information content (AvgIpc) is 2.79. The molecule has 0 aliphatic rings. The standard InChI is InChI=1S/C25H25FN2O5S/c1-16(2)28-34(31,32)23-14-10-21(11-15-23)27-25(30)17(3)33-22-12-6-19(7-13-22)24(29)18-4-8-20(26)9-5-18/h4-17,28H,1-3H3,(H,27,30). The van der Waals surface area contributed by atoms with Crippen LogP contribution in [0.15, 0.2) is 77.7 Å². The highest BCUT2D eigenvalue weighted by Gasteiger charge is 2.18. The van der Waals surface area contributed by atoms with Gasteiger partial charge in [0.15, 0.2) is 11.9 Å². The number of anilines is 1. The van der Waals surface area contributed by atoms with E-state index < -0.39 is 27.9 Å². The van der Waals surface area contributed by atoms with E-state index in [1.54, 1.807) is 45.0 Å². The molecule has 3 aromatic rings. The molecule has 0 fully saturated rings. The maximum Gasteiger partial charge on any atom is 0.265 e. The molecule has 1 amide bonds. The van der Waals surface area contributed by atoms with E-state index in [9.17, 15) is 22.4 Å². The smallest absolute Gasteiger partial charge is 0.265 e. The zero-order valence-corrected chi connectivity index (χ0v) is 19.7. The number of hydrogen-bond acceptors (Lipinski definition) is 5. The van der Waals surface area contributed by atoms with Gasteiger partial charge in [-0.3, -0.25) is 9.59 Å². The molecule has 0 aromatic heterocycles. The first-order valence-electron chi connectivity index (χ1n) is 10.6. The van der Waals surface area contributed by atoms with Crippen LogP contribution in [0.4, 0.5) is 10.1 Å². The van der Waals surface area contributed by atoms with Crippen LogP contribution in [0, 0.1) is 5.82 Å². The Morgan fingerprint density at radius 2 is 1.35 bits per heavy atom. The number of hydrogen-bond donors (Lipinski definition) is 2. The van der Waals surface area contributed by atoms with Gasteiger partial charge < -0.3 is 10.1 Å². The minimum Gasteiger partial charge on any atom is -0.481 e. The number of carbonyl (C=O) groups excluding carboxylic acids is 2. The molecule has 0 heterocycles. The van der Waals surface area contributed by atoms with Crippen molar-refractivity contribution in [3.8, 4) is 5.75 Å². The van der Waals surface area contributed by atoms with Crippen molar-refractivity contribution in [3.63, 3.8) is 0 Å². The van der Waals surface area contributed by atoms with Gasteiger partial charge in [0, 0.05) is 22.9 Å². The topological polar surface area (TPSA) is 102 Å². The summed E-state index contributed by atoms with van der Waals surface area (Å²) in [5, 5.41) is 2.67. The zero-order chi connectivity index (χ0) is 24.9. The van der Waals surface area contributed by atoms with Crippen LogP contribution in [0.1, 0.15) is 36.7 Å². The van der Waals surface area contributed by atoms with E-state index in [1.807, 2.05) is 0 Å². The van der Waals surface area contributed by atoms with Crippen LogP contribution < -0.4 is 14.8 Å². The van der Waals surface area contributed by atoms with Gasteiger partial charge in [0.2, 0.25) is 10.0 Å². The van der Waals surface area contributed by atoms with E-state index >= 15 is 0 Å². The summed E-state index contributed by atoms with van der Waals surface area (Å²) in [5.41, 5.74) is 1.18. The van der Waals surface area contributed by atoms with Gasteiger partial charge >= 0.3 is 0 Å². The Labute approximate surface area is 198 Å². The summed E-state index contributed by atoms with van der Waals surface area (Å²) in [7, 11) is -3.62. The Bertz CT molecular complexity index is 1260. The van der Waals surface area contributed by atoms with E-state index in [-0.39, 0.29) is 16.7 Å². The third-order valence-electron chi connectivity index (χ3n) is 4.73. The van der Waals surface area contributed by atoms with E-state index in [0.29, 0.717) is 22.6 Å². The second-order valence-electron chi connectivity index (χ2n) is 7.91. The van der Waals surface area contributed by atoms with Crippen molar-refractivity contribution in [3.05, 3.63) is 89.7 Å². The van der Waals surface area contributed by atoms with Crippen molar-refractivity contribution < 1.29 is 27.1 Å². The molecule has 3 rings (SSSR count). The number of benzene rings is 3. The van der Waals surface area contributed by atoms with E-state index in [2.05, 4.69) is 10.0 Å². The van der Waals surface area contributed by atoms with E-state index in [4.69, 9.17) is 4.74 Å². The lowest BCUT2D eigenvalue weighted by atomic mass is 10.0. The quantitative estimate of drug-likeness (QED) is 0.445. The number of halogens is 1. The van der Waals surface area contributed by atoms with Crippen molar-refractivity contribution in [2.24, 2.45) is 0 Å². The molecule has 7 nitrogen and oxygen atoms in total. The second-order valence-corrected chi connectivity index (χ2v) is 9.62. The lowest BCUT2D eigenvalue weighted by molar-refractivity contribution is -0.122. The molecule has 34 heavy (non-hydrogen) atoms. The molecule has 9 heteroatoms. The van der Waals surface area contributed by atoms with Crippen molar-refractivity contribution in [1.29, 1.82) is 0 Å². The molecule has 1 unspecified atom stereocenters. The SMILES string of the molecule is CC(C)NS(=O)(=O)c1ccc(NC(=O)C(C)Oc2ccc(C(=O)c3ccc(F)cc3)cc2)cc1. The largest absolute Gasteiger partial charge is 0.481 e. The number of amides is 1. The Kier molecular flexibility index (Phi) is 7.80. The molecule has 0 spiro atoms. The van der Waals surface area contributed by atoms with Gasteiger partial charge in [-0.05, 0) is 93.6 Å². The van der Waals surface area contributed by atoms with E-state index in [0.717, 1.165) is 0 Å². The molecular weight excluding hydrogens is 459 g/mol. The maximum atomic E-state index is 13.0. The molecule has 3 aromatic carbocycles. The Balaban J connectivity index is 1.59. The molecule has 1 atom stereocenters. The van der Waals surface area contributed by atoms with Crippen molar-refractivity contribution in [2.45, 2.75) is 37.8 Å². The van der Waals surface area contributed by atoms with Crippen LogP contribution in [-0.2, 0) is 14.8 Å². The first-order chi connectivity index (χ1) is 16.0. The summed E-state index contributed by atoms with van der Waals surface area (Å²) >= 11 is 0. The Morgan fingerprint density at radius 3 is 1.88 bits per heavy atom. The third kappa shape index (κ3) is 6.49. The Morgan fingerprint density at radius 1 is 0.824 bits per heavy atom. The molecule has 0 saturated heterocycles. The summed E-state index contributed by atoms with van der Waals surface area (Å²) in [6.45, 7) is 5.02. The summed E-state index contributed by atoms with van der Waals surface area (Å²) in [4.78, 5) is 25.0. The summed E-state index contributed by atoms with van der Waals surface area (Å²) in [6, 6.07) is 17.1. The van der Waals surface area contributed by atoms with Crippen LogP contribution in [0.5, 0.6) is 5.75 Å². The fraction of sp³-hybridized carbons (Fsp3) is 0.200. The third-order valence-corrected chi connectivity index (χ3v) is 6.40. The zero-order valence-electron chi connectivity index (χ0n) is 18.9. The van der Waals surface area contributed by atoms with Gasteiger partial charge in [-0.1, -0.05) is 0 Å². The first-order valence-corrected chi connectivity index (χ1v) is 12.0. The summed E-state index contributed by atoms with van der Waals surface area (Å²) in [6.07, 6.45) is -0.857. The predicted octanol–water partition coefficient (Wildman–Crippen LogP) is 4.15. The fourth-order valence-electron chi connectivity index (χ4n) is 3.05. The van der Waals surface area contributed by atoms with Crippen LogP contribution in [0.2, 0.25) is 0 Å². The van der Waals surface area contributed by atoms with Crippen LogP contribution in [0.3, 0.4) is 0 Å². The number of rotatable bonds is 9. The number of ketones is 1. The minimum absolute atomic E-state index is 0.0961. The monoisotopic (exact) mass is 484 g/mol. The normalized spacial score (nSPS) is 12.3. The summed E-state index contributed by atoms with van der Waals surface area (Å²) < 4.78 is 45.6. The number of carbonyl (C=O) groups is 2. The lowest BCUT2D eigenvalue weighted by Gasteiger charge is -2.15. The van der Waals surface area contributed by atoms with Gasteiger partial charge in [-0.15, -0.1) is 0 Å². The average molecular weight is 485 g/mol. The number of sulfonamides is 1. The maximum absolute atomic E-state index is 13.0. The van der Waals surface area contributed by atoms with Crippen molar-refractivity contribution in [1.82, 2.24) is 4.72 Å². The molecule has 0 aliphatic carbocycles. The lowest BCUT2D eigenvalue weighted by Crippen LogP contribution is -2.31. The molecule has 0 bridgehead atoms. The number of ether oxygens (including phenoxy) is 1. The van der Waals surface area contributed by atoms with Gasteiger partial charge in [0.1, 0.15) is 11.6 Å².